The number of hydrogen-bond donors (Lipinski definition) is 1. The van der Waals surface area contributed by atoms with E-state index in [0.717, 1.165) is 11.3 Å². The predicted molar refractivity (Wildman–Crippen MR) is 155 cm³/mol. The maximum atomic E-state index is 14.7. The molecular weight excluding hydrogens is 551 g/mol. The Bertz CT molecular complexity index is 1720. The molecule has 0 unspecified atom stereocenters. The minimum atomic E-state index is -1.38. The van der Waals surface area contributed by atoms with Crippen LogP contribution in [-0.4, -0.2) is 29.6 Å². The van der Waals surface area contributed by atoms with Gasteiger partial charge in [-0.3, -0.25) is 14.4 Å². The number of nitrogens with zero attached hydrogens (tertiary/aromatic N) is 1. The molecule has 4 atom stereocenters. The zero-order chi connectivity index (χ0) is 26.9. The van der Waals surface area contributed by atoms with Gasteiger partial charge in [0.1, 0.15) is 11.5 Å². The van der Waals surface area contributed by atoms with E-state index in [1.165, 1.54) is 17.4 Å². The number of Topliss-reactive ketones (excluding diaryl/α,β-unsaturated/α-hetero) is 2. The second-order valence-corrected chi connectivity index (χ2v) is 11.7. The molecule has 39 heavy (non-hydrogen) atoms. The fourth-order valence-corrected chi connectivity index (χ4v) is 7.74. The van der Waals surface area contributed by atoms with Gasteiger partial charge in [0.15, 0.2) is 11.6 Å². The summed E-state index contributed by atoms with van der Waals surface area (Å²) in [7, 11) is 0. The summed E-state index contributed by atoms with van der Waals surface area (Å²) in [5.41, 5.74) is 1.89. The van der Waals surface area contributed by atoms with E-state index in [2.05, 4.69) is 5.32 Å². The highest BCUT2D eigenvalue weighted by atomic mass is 35.5. The number of para-hydroxylation sites is 2. The molecule has 4 heterocycles. The molecule has 1 saturated heterocycles. The minimum Gasteiger partial charge on any atom is -0.352 e. The lowest BCUT2D eigenvalue weighted by Gasteiger charge is -2.37. The Morgan fingerprint density at radius 3 is 2.51 bits per heavy atom. The first-order valence-electron chi connectivity index (χ1n) is 12.5. The Labute approximate surface area is 238 Å². The Hall–Kier alpha value is -3.71. The van der Waals surface area contributed by atoms with Crippen LogP contribution < -0.4 is 10.2 Å². The van der Waals surface area contributed by atoms with Crippen LogP contribution in [0, 0.1) is 5.92 Å². The number of benzene rings is 3. The highest BCUT2D eigenvalue weighted by molar-refractivity contribution is 7.12. The molecule has 1 spiro atoms. The highest BCUT2D eigenvalue weighted by Gasteiger charge is 2.70. The summed E-state index contributed by atoms with van der Waals surface area (Å²) in [5.74, 6) is -1.97. The molecule has 0 saturated carbocycles. The third-order valence-electron chi connectivity index (χ3n) is 8.05. The summed E-state index contributed by atoms with van der Waals surface area (Å²) in [6.07, 6.45) is 3.93. The molecule has 5 nitrogen and oxygen atoms in total. The molecule has 8 heteroatoms. The first-order chi connectivity index (χ1) is 18.9. The lowest BCUT2D eigenvalue weighted by molar-refractivity contribution is -0.121. The summed E-state index contributed by atoms with van der Waals surface area (Å²) >= 11 is 14.1. The van der Waals surface area contributed by atoms with Crippen LogP contribution in [0.5, 0.6) is 0 Å². The van der Waals surface area contributed by atoms with Gasteiger partial charge in [-0.05, 0) is 52.9 Å². The molecule has 1 N–H and O–H groups in total. The van der Waals surface area contributed by atoms with Crippen molar-refractivity contribution in [1.82, 2.24) is 0 Å². The van der Waals surface area contributed by atoms with E-state index in [4.69, 9.17) is 23.2 Å². The summed E-state index contributed by atoms with van der Waals surface area (Å²) < 4.78 is 0. The van der Waals surface area contributed by atoms with Crippen LogP contribution in [0.25, 0.3) is 6.08 Å². The fraction of sp³-hybridized carbons (Fsp3) is 0.129. The van der Waals surface area contributed by atoms with Crippen molar-refractivity contribution in [2.24, 2.45) is 5.92 Å². The lowest BCUT2D eigenvalue weighted by Crippen LogP contribution is -2.51. The number of halogens is 2. The van der Waals surface area contributed by atoms with E-state index in [1.54, 1.807) is 18.2 Å². The average Bonchev–Trinajstić information content (AvgIpc) is 3.65. The molecule has 1 aromatic heterocycles. The molecule has 3 aliphatic heterocycles. The quantitative estimate of drug-likeness (QED) is 0.271. The van der Waals surface area contributed by atoms with Gasteiger partial charge < -0.3 is 10.2 Å². The molecule has 1 fully saturated rings. The summed E-state index contributed by atoms with van der Waals surface area (Å²) in [5, 5.41) is 5.43. The van der Waals surface area contributed by atoms with E-state index < -0.39 is 23.4 Å². The normalized spacial score (nSPS) is 24.3. The Kier molecular flexibility index (Phi) is 5.56. The van der Waals surface area contributed by atoms with Crippen molar-refractivity contribution in [3.63, 3.8) is 0 Å². The van der Waals surface area contributed by atoms with Crippen molar-refractivity contribution in [1.29, 1.82) is 0 Å². The highest BCUT2D eigenvalue weighted by Crippen LogP contribution is 2.58. The van der Waals surface area contributed by atoms with Crippen LogP contribution >= 0.6 is 34.5 Å². The largest absolute Gasteiger partial charge is 0.352 e. The van der Waals surface area contributed by atoms with Crippen LogP contribution in [0.4, 0.5) is 11.4 Å². The first kappa shape index (κ1) is 24.3. The molecule has 1 amide bonds. The zero-order valence-electron chi connectivity index (χ0n) is 20.3. The Morgan fingerprint density at radius 1 is 0.923 bits per heavy atom. The van der Waals surface area contributed by atoms with Gasteiger partial charge in [0.05, 0.1) is 21.9 Å². The second kappa shape index (κ2) is 8.91. The number of hydrogen-bond acceptors (Lipinski definition) is 5. The fourth-order valence-electron chi connectivity index (χ4n) is 6.54. The van der Waals surface area contributed by atoms with Crippen molar-refractivity contribution in [2.45, 2.75) is 17.5 Å². The molecule has 0 aliphatic carbocycles. The van der Waals surface area contributed by atoms with Crippen LogP contribution in [-0.2, 0) is 10.2 Å². The third-order valence-corrected chi connectivity index (χ3v) is 9.49. The molecule has 0 radical (unpaired) electrons. The monoisotopic (exact) mass is 570 g/mol. The number of carbonyl (C=O) groups is 3. The number of fused-ring (bicyclic) bond motifs is 6. The Balaban J connectivity index is 1.55. The average molecular weight is 571 g/mol. The summed E-state index contributed by atoms with van der Waals surface area (Å²) in [4.78, 5) is 45.9. The molecular formula is C31H20Cl2N2O3S. The van der Waals surface area contributed by atoms with Crippen LogP contribution in [0.1, 0.15) is 31.2 Å². The molecule has 7 rings (SSSR count). The van der Waals surface area contributed by atoms with Gasteiger partial charge in [-0.2, -0.15) is 0 Å². The predicted octanol–water partition coefficient (Wildman–Crippen LogP) is 6.91. The van der Waals surface area contributed by atoms with Crippen LogP contribution in [0.2, 0.25) is 10.0 Å². The number of anilines is 2. The van der Waals surface area contributed by atoms with E-state index in [-0.39, 0.29) is 28.1 Å². The first-order valence-corrected chi connectivity index (χ1v) is 14.1. The van der Waals surface area contributed by atoms with Gasteiger partial charge in [0.25, 0.3) is 0 Å². The van der Waals surface area contributed by atoms with Crippen molar-refractivity contribution in [3.8, 4) is 0 Å². The molecule has 0 bridgehead atoms. The van der Waals surface area contributed by atoms with E-state index >= 15 is 0 Å². The summed E-state index contributed by atoms with van der Waals surface area (Å²) in [6, 6.07) is 21.9. The smallest absolute Gasteiger partial charge is 0.238 e. The number of nitrogens with one attached hydrogen (secondary N) is 1. The van der Waals surface area contributed by atoms with Crippen molar-refractivity contribution < 1.29 is 14.4 Å². The van der Waals surface area contributed by atoms with Gasteiger partial charge in [0, 0.05) is 22.0 Å². The maximum absolute atomic E-state index is 14.7. The third kappa shape index (κ3) is 3.35. The topological polar surface area (TPSA) is 66.5 Å². The minimum absolute atomic E-state index is 0.178. The zero-order valence-corrected chi connectivity index (χ0v) is 22.6. The van der Waals surface area contributed by atoms with Crippen LogP contribution in [0.15, 0.2) is 90.3 Å². The van der Waals surface area contributed by atoms with E-state index in [0.29, 0.717) is 21.2 Å². The van der Waals surface area contributed by atoms with Crippen molar-refractivity contribution in [2.75, 3.05) is 10.2 Å². The van der Waals surface area contributed by atoms with E-state index in [9.17, 15) is 14.4 Å². The van der Waals surface area contributed by atoms with Gasteiger partial charge in [-0.1, -0.05) is 77.8 Å². The molecule has 192 valence electrons. The standard InChI is InChI=1S/C31H20Cl2N2O3S/c32-18-12-13-19(21(33)16-18)28(36)26-27(29(37)24-10-5-15-39-24)35-23-9-4-1-6-17(23)11-14-25(35)31(26)20-7-2-3-8-22(20)34-30(31)38/h1-16,25-27H,(H,34,38)/t25-,26-,27+,31+/m1/s1. The Morgan fingerprint density at radius 2 is 1.72 bits per heavy atom. The second-order valence-electron chi connectivity index (χ2n) is 9.89. The van der Waals surface area contributed by atoms with Gasteiger partial charge >= 0.3 is 0 Å². The van der Waals surface area contributed by atoms with Gasteiger partial charge in [-0.25, -0.2) is 0 Å². The lowest BCUT2D eigenvalue weighted by atomic mass is 9.64. The number of amides is 1. The molecule has 3 aromatic carbocycles. The molecule has 3 aliphatic rings. The molecule has 4 aromatic rings. The van der Waals surface area contributed by atoms with Crippen LogP contribution in [0.3, 0.4) is 0 Å². The summed E-state index contributed by atoms with van der Waals surface area (Å²) in [6.45, 7) is 0. The van der Waals surface area contributed by atoms with Crippen molar-refractivity contribution in [3.05, 3.63) is 122 Å². The van der Waals surface area contributed by atoms with Gasteiger partial charge in [0.2, 0.25) is 5.91 Å². The number of thiophene rings is 1. The number of ketones is 2. The maximum Gasteiger partial charge on any atom is 0.238 e. The number of carbonyl (C=O) groups excluding carboxylic acids is 3. The van der Waals surface area contributed by atoms with Gasteiger partial charge in [-0.15, -0.1) is 11.3 Å². The van der Waals surface area contributed by atoms with Crippen molar-refractivity contribution >= 4 is 69.5 Å². The SMILES string of the molecule is O=C(c1cccs1)[C@@H]1[C@H](C(=O)c2ccc(Cl)cc2Cl)[C@@]2(C(=O)Nc3ccccc32)[C@H]2C=Cc3ccccc3N12. The van der Waals surface area contributed by atoms with E-state index in [1.807, 2.05) is 77.0 Å². The number of rotatable bonds is 4.